The van der Waals surface area contributed by atoms with Gasteiger partial charge in [0.1, 0.15) is 0 Å². The van der Waals surface area contributed by atoms with Crippen LogP contribution in [0, 0.1) is 0 Å². The molecule has 0 spiro atoms. The van der Waals surface area contributed by atoms with Gasteiger partial charge in [-0.25, -0.2) is 0 Å². The van der Waals surface area contributed by atoms with Crippen LogP contribution in [0.5, 0.6) is 0 Å². The molecule has 0 saturated heterocycles. The van der Waals surface area contributed by atoms with E-state index in [0.717, 1.165) is 22.3 Å². The molecule has 0 unspecified atom stereocenters. The van der Waals surface area contributed by atoms with E-state index in [1.54, 1.807) is 0 Å². The fraction of sp³-hybridized carbons (Fsp3) is 0.300. The van der Waals surface area contributed by atoms with Crippen molar-refractivity contribution < 1.29 is 4.79 Å². The van der Waals surface area contributed by atoms with Crippen molar-refractivity contribution in [3.8, 4) is 0 Å². The third-order valence-corrected chi connectivity index (χ3v) is 3.07. The maximum Gasteiger partial charge on any atom is 0.231 e. The number of carbonyl (C=O) groups excluding carboxylic acids is 1. The summed E-state index contributed by atoms with van der Waals surface area (Å²) in [6, 6.07) is 5.93. The van der Waals surface area contributed by atoms with Crippen molar-refractivity contribution in [3.63, 3.8) is 0 Å². The molecule has 1 heterocycles. The lowest BCUT2D eigenvalue weighted by Crippen LogP contribution is -2.25. The Morgan fingerprint density at radius 2 is 2.31 bits per heavy atom. The van der Waals surface area contributed by atoms with Crippen LogP contribution in [0.25, 0.3) is 0 Å². The maximum absolute atomic E-state index is 11.5. The summed E-state index contributed by atoms with van der Waals surface area (Å²) < 4.78 is 1.04. The minimum atomic E-state index is 0.199. The van der Waals surface area contributed by atoms with Crippen LogP contribution in [0.2, 0.25) is 0 Å². The Bertz CT molecular complexity index is 362. The number of rotatable bonds is 1. The summed E-state index contributed by atoms with van der Waals surface area (Å²) in [6.45, 7) is 2.75. The molecule has 0 bridgehead atoms. The molecule has 2 nitrogen and oxygen atoms in total. The number of nitrogens with zero attached hydrogens (tertiary/aromatic N) is 1. The third kappa shape index (κ3) is 1.27. The van der Waals surface area contributed by atoms with Gasteiger partial charge in [0.15, 0.2) is 0 Å². The molecular formula is C10H10BrNO. The fourth-order valence-electron chi connectivity index (χ4n) is 1.70. The topological polar surface area (TPSA) is 20.3 Å². The van der Waals surface area contributed by atoms with Gasteiger partial charge in [-0.15, -0.1) is 0 Å². The number of hydrogen-bond donors (Lipinski definition) is 0. The highest BCUT2D eigenvalue weighted by molar-refractivity contribution is 9.10. The Labute approximate surface area is 85.7 Å². The van der Waals surface area contributed by atoms with Gasteiger partial charge in [-0.2, -0.15) is 0 Å². The zero-order valence-corrected chi connectivity index (χ0v) is 8.97. The van der Waals surface area contributed by atoms with Crippen molar-refractivity contribution in [3.05, 3.63) is 28.2 Å². The molecule has 0 atom stereocenters. The first kappa shape index (κ1) is 8.75. The summed E-state index contributed by atoms with van der Waals surface area (Å²) in [6.07, 6.45) is 0.532. The maximum atomic E-state index is 11.5. The average molecular weight is 240 g/mol. The number of anilines is 1. The summed E-state index contributed by atoms with van der Waals surface area (Å²) in [5.74, 6) is 0.199. The van der Waals surface area contributed by atoms with Gasteiger partial charge in [0, 0.05) is 16.7 Å². The monoisotopic (exact) mass is 239 g/mol. The fourth-order valence-corrected chi connectivity index (χ4v) is 2.20. The van der Waals surface area contributed by atoms with Crippen LogP contribution < -0.4 is 4.90 Å². The molecule has 1 aliphatic rings. The molecule has 1 amide bonds. The molecule has 0 aromatic heterocycles. The Morgan fingerprint density at radius 1 is 1.54 bits per heavy atom. The van der Waals surface area contributed by atoms with Crippen molar-refractivity contribution in [2.45, 2.75) is 13.3 Å². The molecule has 0 fully saturated rings. The van der Waals surface area contributed by atoms with Crippen molar-refractivity contribution >= 4 is 27.5 Å². The highest BCUT2D eigenvalue weighted by atomic mass is 79.9. The molecule has 1 aliphatic heterocycles. The van der Waals surface area contributed by atoms with Crippen molar-refractivity contribution in [2.75, 3.05) is 11.4 Å². The van der Waals surface area contributed by atoms with Crippen LogP contribution in [0.4, 0.5) is 5.69 Å². The highest BCUT2D eigenvalue weighted by Gasteiger charge is 2.26. The number of carbonyl (C=O) groups is 1. The molecular weight excluding hydrogens is 230 g/mol. The van der Waals surface area contributed by atoms with Crippen molar-refractivity contribution in [2.24, 2.45) is 0 Å². The van der Waals surface area contributed by atoms with Crippen LogP contribution in [0.15, 0.2) is 22.7 Å². The van der Waals surface area contributed by atoms with E-state index >= 15 is 0 Å². The van der Waals surface area contributed by atoms with Gasteiger partial charge in [-0.1, -0.05) is 22.0 Å². The van der Waals surface area contributed by atoms with Crippen molar-refractivity contribution in [1.82, 2.24) is 0 Å². The van der Waals surface area contributed by atoms with E-state index in [1.807, 2.05) is 30.0 Å². The molecule has 2 rings (SSSR count). The van der Waals surface area contributed by atoms with Crippen LogP contribution in [-0.2, 0) is 11.2 Å². The summed E-state index contributed by atoms with van der Waals surface area (Å²) in [5, 5.41) is 0. The van der Waals surface area contributed by atoms with Gasteiger partial charge in [0.05, 0.1) is 6.42 Å². The second-order valence-corrected chi connectivity index (χ2v) is 3.91. The standard InChI is InChI=1S/C10H10BrNO/c1-2-12-9-5-3-4-8(11)7(9)6-10(12)13/h3-5H,2,6H2,1H3. The summed E-state index contributed by atoms with van der Waals surface area (Å²) in [4.78, 5) is 13.3. The Kier molecular flexibility index (Phi) is 2.12. The molecule has 0 saturated carbocycles. The number of amides is 1. The quantitative estimate of drug-likeness (QED) is 0.737. The number of halogens is 1. The van der Waals surface area contributed by atoms with Gasteiger partial charge in [-0.3, -0.25) is 4.79 Å². The first-order valence-electron chi connectivity index (χ1n) is 4.31. The van der Waals surface area contributed by atoms with Crippen LogP contribution in [0.3, 0.4) is 0 Å². The predicted molar refractivity (Wildman–Crippen MR) is 55.9 cm³/mol. The van der Waals surface area contributed by atoms with Gasteiger partial charge in [0.25, 0.3) is 0 Å². The zero-order valence-electron chi connectivity index (χ0n) is 7.38. The van der Waals surface area contributed by atoms with Crippen LogP contribution >= 0.6 is 15.9 Å². The van der Waals surface area contributed by atoms with E-state index in [9.17, 15) is 4.79 Å². The molecule has 1 aromatic rings. The summed E-state index contributed by atoms with van der Waals surface area (Å²) in [7, 11) is 0. The summed E-state index contributed by atoms with van der Waals surface area (Å²) >= 11 is 3.45. The Hall–Kier alpha value is -0.830. The minimum Gasteiger partial charge on any atom is -0.312 e. The lowest BCUT2D eigenvalue weighted by Gasteiger charge is -2.14. The second kappa shape index (κ2) is 3.14. The Morgan fingerprint density at radius 3 is 3.00 bits per heavy atom. The zero-order chi connectivity index (χ0) is 9.42. The van der Waals surface area contributed by atoms with Gasteiger partial charge in [0.2, 0.25) is 5.91 Å². The van der Waals surface area contributed by atoms with E-state index in [0.29, 0.717) is 6.42 Å². The molecule has 0 radical (unpaired) electrons. The Balaban J connectivity index is 2.54. The number of benzene rings is 1. The lowest BCUT2D eigenvalue weighted by atomic mass is 10.2. The number of hydrogen-bond acceptors (Lipinski definition) is 1. The molecule has 1 aromatic carbocycles. The van der Waals surface area contributed by atoms with Gasteiger partial charge >= 0.3 is 0 Å². The van der Waals surface area contributed by atoms with Crippen LogP contribution in [0.1, 0.15) is 12.5 Å². The normalized spacial score (nSPS) is 14.9. The second-order valence-electron chi connectivity index (χ2n) is 3.05. The van der Waals surface area contributed by atoms with Gasteiger partial charge < -0.3 is 4.90 Å². The average Bonchev–Trinajstić information content (AvgIpc) is 2.43. The van der Waals surface area contributed by atoms with Crippen LogP contribution in [-0.4, -0.2) is 12.5 Å². The van der Waals surface area contributed by atoms with E-state index in [-0.39, 0.29) is 5.91 Å². The number of fused-ring (bicyclic) bond motifs is 1. The molecule has 3 heteroatoms. The van der Waals surface area contributed by atoms with E-state index in [2.05, 4.69) is 15.9 Å². The molecule has 68 valence electrons. The first-order valence-corrected chi connectivity index (χ1v) is 5.11. The minimum absolute atomic E-state index is 0.199. The lowest BCUT2D eigenvalue weighted by molar-refractivity contribution is -0.117. The highest BCUT2D eigenvalue weighted by Crippen LogP contribution is 2.33. The van der Waals surface area contributed by atoms with Gasteiger partial charge in [-0.05, 0) is 24.6 Å². The smallest absolute Gasteiger partial charge is 0.231 e. The van der Waals surface area contributed by atoms with Crippen molar-refractivity contribution in [1.29, 1.82) is 0 Å². The largest absolute Gasteiger partial charge is 0.312 e. The van der Waals surface area contributed by atoms with E-state index in [4.69, 9.17) is 0 Å². The molecule has 0 N–H and O–H groups in total. The summed E-state index contributed by atoms with van der Waals surface area (Å²) in [5.41, 5.74) is 2.18. The SMILES string of the molecule is CCN1C(=O)Cc2c(Br)cccc21. The van der Waals surface area contributed by atoms with E-state index in [1.165, 1.54) is 0 Å². The van der Waals surface area contributed by atoms with E-state index < -0.39 is 0 Å². The molecule has 0 aliphatic carbocycles. The number of likely N-dealkylation sites (N-methyl/N-ethyl adjacent to an activating group) is 1. The first-order chi connectivity index (χ1) is 6.24. The molecule has 13 heavy (non-hydrogen) atoms. The predicted octanol–water partition coefficient (Wildman–Crippen LogP) is 2.36. The third-order valence-electron chi connectivity index (χ3n) is 2.33.